The second-order valence-corrected chi connectivity index (χ2v) is 6.45. The molecule has 1 amide bonds. The molecule has 1 fully saturated rings. The molecule has 0 radical (unpaired) electrons. The molecule has 0 saturated carbocycles. The SMILES string of the molecule is CC(C)(O)C1CCCN1C(=O)c1cccc(-n2cccc2)c1. The molecule has 1 aromatic carbocycles. The molecule has 1 aliphatic heterocycles. The number of nitrogens with zero attached hydrogens (tertiary/aromatic N) is 2. The Morgan fingerprint density at radius 2 is 1.95 bits per heavy atom. The zero-order valence-corrected chi connectivity index (χ0v) is 13.1. The number of aromatic nitrogens is 1. The molecule has 1 aliphatic rings. The summed E-state index contributed by atoms with van der Waals surface area (Å²) < 4.78 is 1.98. The maximum Gasteiger partial charge on any atom is 0.254 e. The molecule has 1 atom stereocenters. The number of aliphatic hydroxyl groups is 1. The van der Waals surface area contributed by atoms with E-state index in [1.165, 1.54) is 0 Å². The van der Waals surface area contributed by atoms with Gasteiger partial charge in [0.25, 0.3) is 5.91 Å². The fourth-order valence-corrected chi connectivity index (χ4v) is 3.22. The molecular weight excluding hydrogens is 276 g/mol. The first-order valence-electron chi connectivity index (χ1n) is 7.73. The van der Waals surface area contributed by atoms with Crippen LogP contribution in [0, 0.1) is 0 Å². The summed E-state index contributed by atoms with van der Waals surface area (Å²) in [5, 5.41) is 10.3. The summed E-state index contributed by atoms with van der Waals surface area (Å²) in [5.41, 5.74) is 0.765. The van der Waals surface area contributed by atoms with Gasteiger partial charge in [-0.05, 0) is 57.0 Å². The van der Waals surface area contributed by atoms with E-state index in [4.69, 9.17) is 0 Å². The molecule has 1 aromatic heterocycles. The Morgan fingerprint density at radius 3 is 2.64 bits per heavy atom. The van der Waals surface area contributed by atoms with Crippen LogP contribution in [0.25, 0.3) is 5.69 Å². The average molecular weight is 298 g/mol. The minimum atomic E-state index is -0.871. The minimum Gasteiger partial charge on any atom is -0.388 e. The van der Waals surface area contributed by atoms with E-state index in [2.05, 4.69) is 0 Å². The van der Waals surface area contributed by atoms with Crippen molar-refractivity contribution in [1.82, 2.24) is 9.47 Å². The van der Waals surface area contributed by atoms with E-state index in [-0.39, 0.29) is 11.9 Å². The van der Waals surface area contributed by atoms with Crippen LogP contribution in [0.3, 0.4) is 0 Å². The average Bonchev–Trinajstić information content (AvgIpc) is 3.17. The Bertz CT molecular complexity index is 656. The molecule has 0 spiro atoms. The molecule has 22 heavy (non-hydrogen) atoms. The normalized spacial score (nSPS) is 18.7. The summed E-state index contributed by atoms with van der Waals surface area (Å²) >= 11 is 0. The maximum absolute atomic E-state index is 12.8. The van der Waals surface area contributed by atoms with Gasteiger partial charge in [-0.3, -0.25) is 4.79 Å². The monoisotopic (exact) mass is 298 g/mol. The topological polar surface area (TPSA) is 45.5 Å². The molecule has 3 rings (SSSR count). The molecule has 4 nitrogen and oxygen atoms in total. The third kappa shape index (κ3) is 2.79. The van der Waals surface area contributed by atoms with Crippen molar-refractivity contribution >= 4 is 5.91 Å². The van der Waals surface area contributed by atoms with Crippen molar-refractivity contribution in [2.45, 2.75) is 38.3 Å². The number of hydrogen-bond acceptors (Lipinski definition) is 2. The van der Waals surface area contributed by atoms with Gasteiger partial charge in [0.1, 0.15) is 0 Å². The Labute approximate surface area is 131 Å². The van der Waals surface area contributed by atoms with Gasteiger partial charge in [-0.25, -0.2) is 0 Å². The Morgan fingerprint density at radius 1 is 1.23 bits per heavy atom. The molecule has 1 unspecified atom stereocenters. The third-order valence-electron chi connectivity index (χ3n) is 4.32. The van der Waals surface area contributed by atoms with Gasteiger partial charge < -0.3 is 14.6 Å². The van der Waals surface area contributed by atoms with Crippen molar-refractivity contribution < 1.29 is 9.90 Å². The summed E-state index contributed by atoms with van der Waals surface area (Å²) in [7, 11) is 0. The van der Waals surface area contributed by atoms with E-state index in [0.29, 0.717) is 12.1 Å². The van der Waals surface area contributed by atoms with Crippen molar-refractivity contribution in [3.8, 4) is 5.69 Å². The second-order valence-electron chi connectivity index (χ2n) is 6.45. The van der Waals surface area contributed by atoms with Crippen LogP contribution in [0.4, 0.5) is 0 Å². The zero-order chi connectivity index (χ0) is 15.7. The van der Waals surface area contributed by atoms with Gasteiger partial charge in [0.05, 0.1) is 11.6 Å². The minimum absolute atomic E-state index is 0.00127. The molecule has 1 N–H and O–H groups in total. The molecular formula is C18H22N2O2. The fraction of sp³-hybridized carbons (Fsp3) is 0.389. The molecule has 1 saturated heterocycles. The van der Waals surface area contributed by atoms with Gasteiger partial charge in [0.2, 0.25) is 0 Å². The molecule has 0 bridgehead atoms. The highest BCUT2D eigenvalue weighted by atomic mass is 16.3. The van der Waals surface area contributed by atoms with E-state index in [1.54, 1.807) is 13.8 Å². The Balaban J connectivity index is 1.88. The van der Waals surface area contributed by atoms with Gasteiger partial charge >= 0.3 is 0 Å². The quantitative estimate of drug-likeness (QED) is 0.947. The fourth-order valence-electron chi connectivity index (χ4n) is 3.22. The summed E-state index contributed by atoms with van der Waals surface area (Å²) in [6, 6.07) is 11.4. The highest BCUT2D eigenvalue weighted by Crippen LogP contribution is 2.28. The van der Waals surface area contributed by atoms with Crippen LogP contribution in [0.1, 0.15) is 37.0 Å². The largest absolute Gasteiger partial charge is 0.388 e. The van der Waals surface area contributed by atoms with E-state index in [1.807, 2.05) is 58.3 Å². The van der Waals surface area contributed by atoms with Crippen molar-refractivity contribution in [2.24, 2.45) is 0 Å². The van der Waals surface area contributed by atoms with Crippen LogP contribution in [-0.4, -0.2) is 38.7 Å². The summed E-state index contributed by atoms with van der Waals surface area (Å²) in [5.74, 6) is -0.00127. The smallest absolute Gasteiger partial charge is 0.254 e. The van der Waals surface area contributed by atoms with Gasteiger partial charge in [-0.2, -0.15) is 0 Å². The molecule has 0 aliphatic carbocycles. The number of rotatable bonds is 3. The van der Waals surface area contributed by atoms with Crippen LogP contribution in [0.15, 0.2) is 48.8 Å². The number of carbonyl (C=O) groups excluding carboxylic acids is 1. The first kappa shape index (κ1) is 14.9. The van der Waals surface area contributed by atoms with Gasteiger partial charge in [-0.15, -0.1) is 0 Å². The molecule has 2 heterocycles. The van der Waals surface area contributed by atoms with Crippen molar-refractivity contribution in [2.75, 3.05) is 6.54 Å². The lowest BCUT2D eigenvalue weighted by atomic mass is 9.96. The lowest BCUT2D eigenvalue weighted by Crippen LogP contribution is -2.48. The van der Waals surface area contributed by atoms with E-state index >= 15 is 0 Å². The van der Waals surface area contributed by atoms with Crippen molar-refractivity contribution in [1.29, 1.82) is 0 Å². The number of amides is 1. The lowest BCUT2D eigenvalue weighted by Gasteiger charge is -2.34. The van der Waals surface area contributed by atoms with E-state index in [9.17, 15) is 9.90 Å². The highest BCUT2D eigenvalue weighted by molar-refractivity contribution is 5.95. The Hall–Kier alpha value is -2.07. The first-order chi connectivity index (χ1) is 10.5. The first-order valence-corrected chi connectivity index (χ1v) is 7.73. The highest BCUT2D eigenvalue weighted by Gasteiger charge is 2.38. The standard InChI is InChI=1S/C18H22N2O2/c1-18(2,22)16-9-6-12-20(16)17(21)14-7-5-8-15(13-14)19-10-3-4-11-19/h3-5,7-8,10-11,13,16,22H,6,9,12H2,1-2H3. The Kier molecular flexibility index (Phi) is 3.79. The lowest BCUT2D eigenvalue weighted by molar-refractivity contribution is 0.000337. The number of benzene rings is 1. The van der Waals surface area contributed by atoms with Gasteiger partial charge in [0, 0.05) is 30.2 Å². The van der Waals surface area contributed by atoms with Crippen LogP contribution in [0.2, 0.25) is 0 Å². The molecule has 2 aromatic rings. The van der Waals surface area contributed by atoms with Gasteiger partial charge in [-0.1, -0.05) is 6.07 Å². The zero-order valence-electron chi connectivity index (χ0n) is 13.1. The van der Waals surface area contributed by atoms with E-state index < -0.39 is 5.60 Å². The van der Waals surface area contributed by atoms with Crippen LogP contribution >= 0.6 is 0 Å². The predicted octanol–water partition coefficient (Wildman–Crippen LogP) is 2.85. The summed E-state index contributed by atoms with van der Waals surface area (Å²) in [6.45, 7) is 4.26. The predicted molar refractivity (Wildman–Crippen MR) is 86.1 cm³/mol. The van der Waals surface area contributed by atoms with E-state index in [0.717, 1.165) is 18.5 Å². The van der Waals surface area contributed by atoms with Crippen molar-refractivity contribution in [3.05, 3.63) is 54.4 Å². The van der Waals surface area contributed by atoms with Crippen LogP contribution < -0.4 is 0 Å². The summed E-state index contributed by atoms with van der Waals surface area (Å²) in [4.78, 5) is 14.6. The third-order valence-corrected chi connectivity index (χ3v) is 4.32. The number of carbonyl (C=O) groups is 1. The van der Waals surface area contributed by atoms with Crippen LogP contribution in [-0.2, 0) is 0 Å². The van der Waals surface area contributed by atoms with Crippen molar-refractivity contribution in [3.63, 3.8) is 0 Å². The summed E-state index contributed by atoms with van der Waals surface area (Å²) in [6.07, 6.45) is 5.71. The van der Waals surface area contributed by atoms with Crippen LogP contribution in [0.5, 0.6) is 0 Å². The number of hydrogen-bond donors (Lipinski definition) is 1. The second kappa shape index (κ2) is 5.61. The molecule has 4 heteroatoms. The molecule has 116 valence electrons. The number of likely N-dealkylation sites (tertiary alicyclic amines) is 1. The maximum atomic E-state index is 12.8. The van der Waals surface area contributed by atoms with Gasteiger partial charge in [0.15, 0.2) is 0 Å².